The second-order valence-electron chi connectivity index (χ2n) is 4.09. The van der Waals surface area contributed by atoms with Crippen molar-refractivity contribution in [2.75, 3.05) is 13.1 Å². The third-order valence-corrected chi connectivity index (χ3v) is 2.89. The number of hydrogen-bond acceptors (Lipinski definition) is 4. The van der Waals surface area contributed by atoms with Gasteiger partial charge >= 0.3 is 12.0 Å². The van der Waals surface area contributed by atoms with Crippen LogP contribution in [0.2, 0.25) is 0 Å². The molecule has 0 aromatic carbocycles. The number of nitrogens with one attached hydrogen (secondary N) is 1. The maximum atomic E-state index is 11.8. The van der Waals surface area contributed by atoms with E-state index in [-0.39, 0.29) is 6.03 Å². The lowest BCUT2D eigenvalue weighted by Gasteiger charge is -2.21. The summed E-state index contributed by atoms with van der Waals surface area (Å²) in [5, 5.41) is 19.1. The smallest absolute Gasteiger partial charge is 0.326 e. The van der Waals surface area contributed by atoms with Crippen molar-refractivity contribution in [3.05, 3.63) is 12.4 Å². The van der Waals surface area contributed by atoms with Gasteiger partial charge in [0.25, 0.3) is 0 Å². The minimum atomic E-state index is -0.945. The molecule has 1 aliphatic heterocycles. The molecule has 0 bridgehead atoms. The fraction of sp³-hybridized carbons (Fsp3) is 0.600. The summed E-state index contributed by atoms with van der Waals surface area (Å²) in [6.45, 7) is 1.40. The van der Waals surface area contributed by atoms with Crippen molar-refractivity contribution in [3.8, 4) is 0 Å². The Morgan fingerprint density at radius 3 is 3.00 bits per heavy atom. The van der Waals surface area contributed by atoms with Gasteiger partial charge in [0, 0.05) is 19.3 Å². The summed E-state index contributed by atoms with van der Waals surface area (Å²) in [7, 11) is 0. The number of aromatic nitrogens is 3. The van der Waals surface area contributed by atoms with Crippen LogP contribution in [0.15, 0.2) is 12.4 Å². The van der Waals surface area contributed by atoms with Gasteiger partial charge in [-0.15, -0.1) is 5.10 Å². The zero-order valence-corrected chi connectivity index (χ0v) is 9.82. The van der Waals surface area contributed by atoms with Crippen molar-refractivity contribution in [2.24, 2.45) is 0 Å². The Labute approximate surface area is 104 Å². The summed E-state index contributed by atoms with van der Waals surface area (Å²) in [5.41, 5.74) is 0. The van der Waals surface area contributed by atoms with Crippen molar-refractivity contribution in [1.29, 1.82) is 0 Å². The number of aliphatic carboxylic acids is 1. The highest BCUT2D eigenvalue weighted by molar-refractivity contribution is 5.83. The molecule has 1 fully saturated rings. The van der Waals surface area contributed by atoms with Crippen LogP contribution >= 0.6 is 0 Å². The number of carbonyl (C=O) groups excluding carboxylic acids is 1. The number of hydrogen-bond donors (Lipinski definition) is 2. The van der Waals surface area contributed by atoms with E-state index in [0.29, 0.717) is 26.1 Å². The summed E-state index contributed by atoms with van der Waals surface area (Å²) in [4.78, 5) is 24.1. The van der Waals surface area contributed by atoms with Gasteiger partial charge in [0.15, 0.2) is 0 Å². The summed E-state index contributed by atoms with van der Waals surface area (Å²) in [6, 6.07) is -1.03. The number of likely N-dealkylation sites (tertiary alicyclic amines) is 1. The van der Waals surface area contributed by atoms with Crippen LogP contribution in [0, 0.1) is 0 Å². The maximum absolute atomic E-state index is 11.8. The van der Waals surface area contributed by atoms with Gasteiger partial charge in [-0.25, -0.2) is 9.59 Å². The minimum absolute atomic E-state index is 0.333. The van der Waals surface area contributed by atoms with Gasteiger partial charge in [-0.05, 0) is 12.8 Å². The Hall–Kier alpha value is -2.12. The van der Waals surface area contributed by atoms with Gasteiger partial charge in [-0.3, -0.25) is 4.68 Å². The number of urea groups is 1. The van der Waals surface area contributed by atoms with Crippen LogP contribution in [0.25, 0.3) is 0 Å². The average Bonchev–Trinajstić information content (AvgIpc) is 2.99. The molecule has 18 heavy (non-hydrogen) atoms. The Morgan fingerprint density at radius 2 is 2.33 bits per heavy atom. The molecule has 2 rings (SSSR count). The molecular formula is C10H15N5O3. The van der Waals surface area contributed by atoms with Gasteiger partial charge in [0.1, 0.15) is 6.04 Å². The van der Waals surface area contributed by atoms with E-state index in [1.54, 1.807) is 17.1 Å². The fourth-order valence-corrected chi connectivity index (χ4v) is 2.00. The molecule has 2 N–H and O–H groups in total. The van der Waals surface area contributed by atoms with Crippen molar-refractivity contribution >= 4 is 12.0 Å². The second kappa shape index (κ2) is 5.48. The molecule has 1 saturated heterocycles. The van der Waals surface area contributed by atoms with Gasteiger partial charge < -0.3 is 15.3 Å². The normalized spacial score (nSPS) is 18.9. The zero-order chi connectivity index (χ0) is 13.0. The van der Waals surface area contributed by atoms with Gasteiger partial charge in [0.05, 0.1) is 12.7 Å². The van der Waals surface area contributed by atoms with Crippen LogP contribution in [0.1, 0.15) is 12.8 Å². The fourth-order valence-electron chi connectivity index (χ4n) is 2.00. The number of carboxylic acids is 1. The SMILES string of the molecule is O=C(O)[C@H]1CCCN1C(=O)NCCn1ccnn1. The molecular weight excluding hydrogens is 238 g/mol. The molecule has 2 amide bonds. The van der Waals surface area contributed by atoms with Crippen LogP contribution in [0.3, 0.4) is 0 Å². The van der Waals surface area contributed by atoms with Crippen molar-refractivity contribution in [2.45, 2.75) is 25.4 Å². The van der Waals surface area contributed by atoms with E-state index in [0.717, 1.165) is 6.42 Å². The van der Waals surface area contributed by atoms with Gasteiger partial charge in [-0.2, -0.15) is 0 Å². The first-order valence-corrected chi connectivity index (χ1v) is 5.80. The zero-order valence-electron chi connectivity index (χ0n) is 9.82. The third kappa shape index (κ3) is 2.76. The van der Waals surface area contributed by atoms with E-state index in [2.05, 4.69) is 15.6 Å². The number of carboxylic acid groups (broad SMARTS) is 1. The molecule has 0 aliphatic carbocycles. The Bertz CT molecular complexity index is 419. The van der Waals surface area contributed by atoms with Crippen LogP contribution in [0.4, 0.5) is 4.79 Å². The number of nitrogens with zero attached hydrogens (tertiary/aromatic N) is 4. The maximum Gasteiger partial charge on any atom is 0.326 e. The summed E-state index contributed by atoms with van der Waals surface area (Å²) in [5.74, 6) is -0.945. The lowest BCUT2D eigenvalue weighted by Crippen LogP contribution is -2.46. The van der Waals surface area contributed by atoms with Crippen LogP contribution in [-0.4, -0.2) is 56.1 Å². The topological polar surface area (TPSA) is 100 Å². The van der Waals surface area contributed by atoms with Crippen LogP contribution < -0.4 is 5.32 Å². The minimum Gasteiger partial charge on any atom is -0.480 e. The lowest BCUT2D eigenvalue weighted by atomic mass is 10.2. The first-order valence-electron chi connectivity index (χ1n) is 5.80. The highest BCUT2D eigenvalue weighted by atomic mass is 16.4. The number of carbonyl (C=O) groups is 2. The quantitative estimate of drug-likeness (QED) is 0.756. The first kappa shape index (κ1) is 12.3. The molecule has 8 heteroatoms. The highest BCUT2D eigenvalue weighted by Crippen LogP contribution is 2.16. The van der Waals surface area contributed by atoms with E-state index in [9.17, 15) is 9.59 Å². The molecule has 2 heterocycles. The number of amides is 2. The van der Waals surface area contributed by atoms with E-state index in [1.807, 2.05) is 0 Å². The van der Waals surface area contributed by atoms with E-state index < -0.39 is 12.0 Å². The van der Waals surface area contributed by atoms with Gasteiger partial charge in [0.2, 0.25) is 0 Å². The highest BCUT2D eigenvalue weighted by Gasteiger charge is 2.33. The average molecular weight is 253 g/mol. The Balaban J connectivity index is 1.79. The Kier molecular flexibility index (Phi) is 3.75. The molecule has 0 saturated carbocycles. The molecule has 0 unspecified atom stereocenters. The van der Waals surface area contributed by atoms with Crippen LogP contribution in [0.5, 0.6) is 0 Å². The molecule has 1 aromatic rings. The van der Waals surface area contributed by atoms with E-state index in [1.165, 1.54) is 4.90 Å². The monoisotopic (exact) mass is 253 g/mol. The molecule has 0 radical (unpaired) electrons. The standard InChI is InChI=1S/C10H15N5O3/c16-9(17)8-2-1-5-15(8)10(18)11-3-6-14-7-4-12-13-14/h4,7-8H,1-3,5-6H2,(H,11,18)(H,16,17)/t8-/m1/s1. The summed E-state index contributed by atoms with van der Waals surface area (Å²) in [6.07, 6.45) is 4.50. The molecule has 1 aliphatic rings. The molecule has 8 nitrogen and oxygen atoms in total. The van der Waals surface area contributed by atoms with Crippen molar-refractivity contribution < 1.29 is 14.7 Å². The molecule has 1 atom stereocenters. The Morgan fingerprint density at radius 1 is 1.50 bits per heavy atom. The molecule has 1 aromatic heterocycles. The summed E-state index contributed by atoms with van der Waals surface area (Å²) >= 11 is 0. The second-order valence-corrected chi connectivity index (χ2v) is 4.09. The van der Waals surface area contributed by atoms with Gasteiger partial charge in [-0.1, -0.05) is 5.21 Å². The predicted octanol–water partition coefficient (Wildman–Crippen LogP) is -0.463. The largest absolute Gasteiger partial charge is 0.480 e. The first-order chi connectivity index (χ1) is 8.68. The van der Waals surface area contributed by atoms with Crippen molar-refractivity contribution in [1.82, 2.24) is 25.2 Å². The van der Waals surface area contributed by atoms with E-state index >= 15 is 0 Å². The predicted molar refractivity (Wildman–Crippen MR) is 60.8 cm³/mol. The number of rotatable bonds is 4. The third-order valence-electron chi connectivity index (χ3n) is 2.89. The van der Waals surface area contributed by atoms with Crippen LogP contribution in [-0.2, 0) is 11.3 Å². The summed E-state index contributed by atoms with van der Waals surface area (Å²) < 4.78 is 1.60. The van der Waals surface area contributed by atoms with E-state index in [4.69, 9.17) is 5.11 Å². The van der Waals surface area contributed by atoms with Crippen molar-refractivity contribution in [3.63, 3.8) is 0 Å². The molecule has 98 valence electrons. The lowest BCUT2D eigenvalue weighted by molar-refractivity contribution is -0.141. The molecule has 0 spiro atoms.